The van der Waals surface area contributed by atoms with Crippen LogP contribution in [-0.2, 0) is 11.8 Å². The van der Waals surface area contributed by atoms with Gasteiger partial charge in [0.2, 0.25) is 0 Å². The van der Waals surface area contributed by atoms with Crippen LogP contribution in [-0.4, -0.2) is 26.3 Å². The first-order valence-corrected chi connectivity index (χ1v) is 7.14. The van der Waals surface area contributed by atoms with Crippen molar-refractivity contribution in [2.24, 2.45) is 7.05 Å². The van der Waals surface area contributed by atoms with Crippen molar-refractivity contribution in [2.75, 3.05) is 5.75 Å². The van der Waals surface area contributed by atoms with Gasteiger partial charge in [0.15, 0.2) is 11.0 Å². The van der Waals surface area contributed by atoms with Gasteiger partial charge >= 0.3 is 0 Å². The number of benzene rings is 1. The number of thioether (sulfide) groups is 1. The molecule has 2 aromatic rings. The van der Waals surface area contributed by atoms with Crippen molar-refractivity contribution in [3.8, 4) is 11.4 Å². The molecule has 1 aromatic carbocycles. The quantitative estimate of drug-likeness (QED) is 0.811. The lowest BCUT2D eigenvalue weighted by molar-refractivity contribution is -0.114. The maximum absolute atomic E-state index is 11.0. The van der Waals surface area contributed by atoms with E-state index in [-0.39, 0.29) is 5.78 Å². The first-order chi connectivity index (χ1) is 8.59. The van der Waals surface area contributed by atoms with Crippen LogP contribution in [0.3, 0.4) is 0 Å². The number of rotatable bonds is 4. The summed E-state index contributed by atoms with van der Waals surface area (Å²) >= 11 is 4.90. The molecule has 0 aliphatic rings. The molecule has 4 nitrogen and oxygen atoms in total. The van der Waals surface area contributed by atoms with Crippen molar-refractivity contribution >= 4 is 33.5 Å². The van der Waals surface area contributed by atoms with Crippen LogP contribution < -0.4 is 0 Å². The molecule has 6 heteroatoms. The molecule has 0 aliphatic heterocycles. The Morgan fingerprint density at radius 1 is 1.39 bits per heavy atom. The van der Waals surface area contributed by atoms with E-state index < -0.39 is 0 Å². The van der Waals surface area contributed by atoms with Crippen molar-refractivity contribution in [3.05, 3.63) is 28.7 Å². The van der Waals surface area contributed by atoms with Gasteiger partial charge in [-0.15, -0.1) is 10.2 Å². The Kier molecular flexibility index (Phi) is 4.19. The van der Waals surface area contributed by atoms with Crippen LogP contribution in [0.15, 0.2) is 33.9 Å². The number of hydrogen-bond acceptors (Lipinski definition) is 4. The largest absolute Gasteiger partial charge is 0.305 e. The van der Waals surface area contributed by atoms with Crippen LogP contribution in [0.1, 0.15) is 6.92 Å². The van der Waals surface area contributed by atoms with E-state index in [1.807, 2.05) is 35.9 Å². The third-order valence-corrected chi connectivity index (χ3v) is 4.21. The van der Waals surface area contributed by atoms with Crippen molar-refractivity contribution in [1.82, 2.24) is 14.8 Å². The minimum absolute atomic E-state index is 0.130. The van der Waals surface area contributed by atoms with E-state index in [9.17, 15) is 4.79 Å². The first kappa shape index (κ1) is 13.3. The molecule has 0 bridgehead atoms. The highest BCUT2D eigenvalue weighted by Crippen LogP contribution is 2.28. The summed E-state index contributed by atoms with van der Waals surface area (Å²) in [5.74, 6) is 1.33. The van der Waals surface area contributed by atoms with Crippen LogP contribution in [0.5, 0.6) is 0 Å². The lowest BCUT2D eigenvalue weighted by atomic mass is 10.2. The molecular weight excluding hydrogens is 314 g/mol. The van der Waals surface area contributed by atoms with Gasteiger partial charge in [-0.3, -0.25) is 4.79 Å². The first-order valence-electron chi connectivity index (χ1n) is 5.36. The lowest BCUT2D eigenvalue weighted by Gasteiger charge is -2.04. The van der Waals surface area contributed by atoms with Crippen LogP contribution in [0.2, 0.25) is 0 Å². The second kappa shape index (κ2) is 5.67. The standard InChI is InChI=1S/C12H12BrN3OS/c1-8(17)7-18-12-15-14-11(16(12)2)9-5-3-4-6-10(9)13/h3-6H,7H2,1-2H3. The average Bonchev–Trinajstić information content (AvgIpc) is 2.69. The fourth-order valence-electron chi connectivity index (χ4n) is 1.48. The van der Waals surface area contributed by atoms with Gasteiger partial charge in [-0.25, -0.2) is 0 Å². The van der Waals surface area contributed by atoms with Crippen molar-refractivity contribution in [3.63, 3.8) is 0 Å². The van der Waals surface area contributed by atoms with Gasteiger partial charge in [0.25, 0.3) is 0 Å². The predicted octanol–water partition coefficient (Wildman–Crippen LogP) is 2.93. The normalized spacial score (nSPS) is 10.6. The highest BCUT2D eigenvalue weighted by Gasteiger charge is 2.13. The molecular formula is C12H12BrN3OS. The summed E-state index contributed by atoms with van der Waals surface area (Å²) in [6, 6.07) is 7.85. The number of ketones is 1. The number of Topliss-reactive ketones (excluding diaryl/α,β-unsaturated/α-hetero) is 1. The van der Waals surface area contributed by atoms with Gasteiger partial charge in [0.05, 0.1) is 5.75 Å². The summed E-state index contributed by atoms with van der Waals surface area (Å²) in [7, 11) is 1.90. The average molecular weight is 326 g/mol. The molecule has 0 aliphatic carbocycles. The summed E-state index contributed by atoms with van der Waals surface area (Å²) in [4.78, 5) is 11.0. The summed E-state index contributed by atoms with van der Waals surface area (Å²) in [5, 5.41) is 9.03. The Hall–Kier alpha value is -1.14. The summed E-state index contributed by atoms with van der Waals surface area (Å²) < 4.78 is 2.87. The Morgan fingerprint density at radius 3 is 2.78 bits per heavy atom. The number of aromatic nitrogens is 3. The van der Waals surface area contributed by atoms with Gasteiger partial charge in [-0.05, 0) is 13.0 Å². The van der Waals surface area contributed by atoms with E-state index in [2.05, 4.69) is 26.1 Å². The summed E-state index contributed by atoms with van der Waals surface area (Å²) in [6.45, 7) is 1.57. The van der Waals surface area contributed by atoms with Crippen molar-refractivity contribution in [2.45, 2.75) is 12.1 Å². The zero-order chi connectivity index (χ0) is 13.1. The van der Waals surface area contributed by atoms with E-state index in [0.717, 1.165) is 21.0 Å². The van der Waals surface area contributed by atoms with Gasteiger partial charge in [0, 0.05) is 17.1 Å². The second-order valence-corrected chi connectivity index (χ2v) is 5.63. The highest BCUT2D eigenvalue weighted by atomic mass is 79.9. The molecule has 0 unspecified atom stereocenters. The van der Waals surface area contributed by atoms with E-state index in [1.54, 1.807) is 6.92 Å². The maximum atomic E-state index is 11.0. The molecule has 0 radical (unpaired) electrons. The van der Waals surface area contributed by atoms with Gasteiger partial charge in [-0.2, -0.15) is 0 Å². The third kappa shape index (κ3) is 2.81. The number of hydrogen-bond donors (Lipinski definition) is 0. The number of carbonyl (C=O) groups is 1. The van der Waals surface area contributed by atoms with Crippen LogP contribution in [0.4, 0.5) is 0 Å². The Balaban J connectivity index is 2.31. The van der Waals surface area contributed by atoms with E-state index >= 15 is 0 Å². The molecule has 18 heavy (non-hydrogen) atoms. The lowest BCUT2D eigenvalue weighted by Crippen LogP contribution is -1.98. The second-order valence-electron chi connectivity index (χ2n) is 3.84. The predicted molar refractivity (Wildman–Crippen MR) is 75.5 cm³/mol. The van der Waals surface area contributed by atoms with Crippen molar-refractivity contribution in [1.29, 1.82) is 0 Å². The number of carbonyl (C=O) groups excluding carboxylic acids is 1. The van der Waals surface area contributed by atoms with E-state index in [1.165, 1.54) is 11.8 Å². The van der Waals surface area contributed by atoms with Crippen molar-refractivity contribution < 1.29 is 4.79 Å². The minimum atomic E-state index is 0.130. The molecule has 0 atom stereocenters. The van der Waals surface area contributed by atoms with E-state index in [4.69, 9.17) is 0 Å². The minimum Gasteiger partial charge on any atom is -0.305 e. The molecule has 94 valence electrons. The van der Waals surface area contributed by atoms with Crippen LogP contribution in [0.25, 0.3) is 11.4 Å². The highest BCUT2D eigenvalue weighted by molar-refractivity contribution is 9.10. The van der Waals surface area contributed by atoms with Gasteiger partial charge in [-0.1, -0.05) is 45.9 Å². The zero-order valence-corrected chi connectivity index (χ0v) is 12.5. The molecule has 2 rings (SSSR count). The molecule has 1 heterocycles. The maximum Gasteiger partial charge on any atom is 0.191 e. The molecule has 0 fully saturated rings. The molecule has 0 amide bonds. The molecule has 0 saturated carbocycles. The number of halogens is 1. The Morgan fingerprint density at radius 2 is 2.11 bits per heavy atom. The van der Waals surface area contributed by atoms with Crippen LogP contribution in [0, 0.1) is 0 Å². The molecule has 0 spiro atoms. The monoisotopic (exact) mass is 325 g/mol. The summed E-state index contributed by atoms with van der Waals surface area (Å²) in [6.07, 6.45) is 0. The van der Waals surface area contributed by atoms with Crippen LogP contribution >= 0.6 is 27.7 Å². The topological polar surface area (TPSA) is 47.8 Å². The smallest absolute Gasteiger partial charge is 0.191 e. The van der Waals surface area contributed by atoms with E-state index in [0.29, 0.717) is 5.75 Å². The van der Waals surface area contributed by atoms with Gasteiger partial charge in [0.1, 0.15) is 5.78 Å². The molecule has 0 N–H and O–H groups in total. The fraction of sp³-hybridized carbons (Fsp3) is 0.250. The number of nitrogens with zero attached hydrogens (tertiary/aromatic N) is 3. The molecule has 0 saturated heterocycles. The fourth-order valence-corrected chi connectivity index (χ4v) is 2.66. The Labute approximate surface area is 118 Å². The van der Waals surface area contributed by atoms with Gasteiger partial charge < -0.3 is 4.57 Å². The molecule has 1 aromatic heterocycles. The zero-order valence-electron chi connectivity index (χ0n) is 10.1. The SMILES string of the molecule is CC(=O)CSc1nnc(-c2ccccc2Br)n1C. The summed E-state index contributed by atoms with van der Waals surface area (Å²) in [5.41, 5.74) is 0.988. The third-order valence-electron chi connectivity index (χ3n) is 2.35. The Bertz CT molecular complexity index is 582.